The van der Waals surface area contributed by atoms with Crippen LogP contribution in [0, 0.1) is 17.2 Å². The summed E-state index contributed by atoms with van der Waals surface area (Å²) in [5.74, 6) is -0.736. The minimum atomic E-state index is -0.823. The van der Waals surface area contributed by atoms with Gasteiger partial charge in [-0.3, -0.25) is 4.79 Å². The van der Waals surface area contributed by atoms with Gasteiger partial charge in [-0.2, -0.15) is 5.26 Å². The van der Waals surface area contributed by atoms with Gasteiger partial charge >= 0.3 is 5.97 Å². The summed E-state index contributed by atoms with van der Waals surface area (Å²) in [6.45, 7) is 0. The molecule has 1 aromatic rings. The first kappa shape index (κ1) is 11.1. The lowest BCUT2D eigenvalue weighted by Crippen LogP contribution is -2.19. The third-order valence-corrected chi connectivity index (χ3v) is 2.50. The second-order valence-corrected chi connectivity index (χ2v) is 3.71. The van der Waals surface area contributed by atoms with E-state index in [-0.39, 0.29) is 11.7 Å². The van der Waals surface area contributed by atoms with E-state index >= 15 is 0 Å². The predicted octanol–water partition coefficient (Wildman–Crippen LogP) is 0.789. The van der Waals surface area contributed by atoms with Gasteiger partial charge in [0, 0.05) is 6.04 Å². The Bertz CT molecular complexity index is 489. The first-order valence-electron chi connectivity index (χ1n) is 5.09. The fraction of sp³-hybridized carbons (Fsp3) is 0.273. The average molecular weight is 230 g/mol. The molecule has 1 aliphatic rings. The molecule has 2 rings (SSSR count). The fourth-order valence-electron chi connectivity index (χ4n) is 1.64. The summed E-state index contributed by atoms with van der Waals surface area (Å²) < 4.78 is 0. The van der Waals surface area contributed by atoms with Crippen LogP contribution >= 0.6 is 0 Å². The molecule has 0 fully saturated rings. The number of nitrogens with one attached hydrogen (secondary N) is 1. The highest BCUT2D eigenvalue weighted by Crippen LogP contribution is 2.20. The molecule has 0 aliphatic heterocycles. The Labute approximate surface area is 97.6 Å². The summed E-state index contributed by atoms with van der Waals surface area (Å²) in [5, 5.41) is 20.4. The predicted molar refractivity (Wildman–Crippen MR) is 59.0 cm³/mol. The highest BCUT2D eigenvalue weighted by molar-refractivity contribution is 5.73. The Morgan fingerprint density at radius 2 is 2.29 bits per heavy atom. The average Bonchev–Trinajstić information content (AvgIpc) is 2.79. The van der Waals surface area contributed by atoms with Gasteiger partial charge in [-0.1, -0.05) is 12.2 Å². The molecule has 0 aromatic carbocycles. The van der Waals surface area contributed by atoms with Crippen LogP contribution in [0.4, 0.5) is 5.82 Å². The molecule has 86 valence electrons. The van der Waals surface area contributed by atoms with Crippen LogP contribution in [0.25, 0.3) is 0 Å². The number of hydrogen-bond donors (Lipinski definition) is 2. The Morgan fingerprint density at radius 3 is 2.82 bits per heavy atom. The van der Waals surface area contributed by atoms with Crippen LogP contribution in [0.1, 0.15) is 12.1 Å². The standard InChI is InChI=1S/C11H10N4O2/c12-4-9-5-14-10(6-13-9)15-8-2-1-7(3-8)11(16)17/h1-2,5-8H,3H2,(H,14,15)(H,16,17). The topological polar surface area (TPSA) is 98.9 Å². The molecule has 6 nitrogen and oxygen atoms in total. The molecule has 2 atom stereocenters. The molecule has 0 radical (unpaired) electrons. The molecule has 2 unspecified atom stereocenters. The number of carboxylic acid groups (broad SMARTS) is 1. The highest BCUT2D eigenvalue weighted by Gasteiger charge is 2.24. The molecule has 2 N–H and O–H groups in total. The van der Waals surface area contributed by atoms with Gasteiger partial charge in [0.15, 0.2) is 5.69 Å². The zero-order valence-corrected chi connectivity index (χ0v) is 8.87. The van der Waals surface area contributed by atoms with Crippen LogP contribution in [0.3, 0.4) is 0 Å². The molecule has 6 heteroatoms. The maximum Gasteiger partial charge on any atom is 0.310 e. The third kappa shape index (κ3) is 2.58. The van der Waals surface area contributed by atoms with Crippen LogP contribution in [-0.4, -0.2) is 27.1 Å². The van der Waals surface area contributed by atoms with Crippen LogP contribution in [-0.2, 0) is 4.79 Å². The van der Waals surface area contributed by atoms with Gasteiger partial charge in [0.05, 0.1) is 18.3 Å². The van der Waals surface area contributed by atoms with Crippen molar-refractivity contribution in [3.05, 3.63) is 30.2 Å². The molecular formula is C11H10N4O2. The van der Waals surface area contributed by atoms with Crippen molar-refractivity contribution < 1.29 is 9.90 Å². The van der Waals surface area contributed by atoms with Crippen molar-refractivity contribution in [2.75, 3.05) is 5.32 Å². The number of rotatable bonds is 3. The smallest absolute Gasteiger partial charge is 0.310 e. The minimum Gasteiger partial charge on any atom is -0.481 e. The van der Waals surface area contributed by atoms with E-state index in [1.165, 1.54) is 12.4 Å². The van der Waals surface area contributed by atoms with Gasteiger partial charge in [-0.05, 0) is 6.42 Å². The molecule has 0 saturated carbocycles. The van der Waals surface area contributed by atoms with E-state index in [4.69, 9.17) is 10.4 Å². The number of aromatic nitrogens is 2. The maximum absolute atomic E-state index is 10.7. The zero-order valence-electron chi connectivity index (χ0n) is 8.87. The van der Waals surface area contributed by atoms with Crippen LogP contribution in [0.5, 0.6) is 0 Å². The molecule has 1 aliphatic carbocycles. The molecule has 0 bridgehead atoms. The Hall–Kier alpha value is -2.42. The lowest BCUT2D eigenvalue weighted by molar-refractivity contribution is -0.140. The number of hydrogen-bond acceptors (Lipinski definition) is 5. The lowest BCUT2D eigenvalue weighted by Gasteiger charge is -2.11. The van der Waals surface area contributed by atoms with E-state index in [0.29, 0.717) is 12.2 Å². The second-order valence-electron chi connectivity index (χ2n) is 3.71. The van der Waals surface area contributed by atoms with Crippen LogP contribution in [0.15, 0.2) is 24.5 Å². The quantitative estimate of drug-likeness (QED) is 0.745. The van der Waals surface area contributed by atoms with E-state index in [1.807, 2.05) is 6.07 Å². The van der Waals surface area contributed by atoms with Gasteiger partial charge < -0.3 is 10.4 Å². The summed E-state index contributed by atoms with van der Waals surface area (Å²) >= 11 is 0. The molecule has 1 heterocycles. The zero-order chi connectivity index (χ0) is 12.3. The van der Waals surface area contributed by atoms with Crippen molar-refractivity contribution in [1.82, 2.24) is 9.97 Å². The van der Waals surface area contributed by atoms with Gasteiger partial charge in [0.1, 0.15) is 11.9 Å². The summed E-state index contributed by atoms with van der Waals surface area (Å²) in [6, 6.07) is 1.82. The first-order valence-corrected chi connectivity index (χ1v) is 5.09. The van der Waals surface area contributed by atoms with Crippen molar-refractivity contribution in [3.8, 4) is 6.07 Å². The van der Waals surface area contributed by atoms with Gasteiger partial charge in [0.2, 0.25) is 0 Å². The molecule has 0 amide bonds. The van der Waals surface area contributed by atoms with Crippen LogP contribution < -0.4 is 5.32 Å². The second kappa shape index (κ2) is 4.61. The van der Waals surface area contributed by atoms with Crippen molar-refractivity contribution in [3.63, 3.8) is 0 Å². The van der Waals surface area contributed by atoms with E-state index < -0.39 is 11.9 Å². The number of nitrogens with zero attached hydrogens (tertiary/aromatic N) is 3. The first-order chi connectivity index (χ1) is 8.19. The number of carbonyl (C=O) groups is 1. The summed E-state index contributed by atoms with van der Waals surface area (Å²) in [6.07, 6.45) is 6.79. The van der Waals surface area contributed by atoms with Crippen LogP contribution in [0.2, 0.25) is 0 Å². The molecule has 0 saturated heterocycles. The summed E-state index contributed by atoms with van der Waals surface area (Å²) in [4.78, 5) is 18.6. The van der Waals surface area contributed by atoms with Crippen molar-refractivity contribution >= 4 is 11.8 Å². The van der Waals surface area contributed by atoms with E-state index in [0.717, 1.165) is 0 Å². The number of anilines is 1. The third-order valence-electron chi connectivity index (χ3n) is 2.50. The molecule has 0 spiro atoms. The van der Waals surface area contributed by atoms with Gasteiger partial charge in [-0.15, -0.1) is 0 Å². The van der Waals surface area contributed by atoms with Crippen molar-refractivity contribution in [2.45, 2.75) is 12.5 Å². The van der Waals surface area contributed by atoms with E-state index in [9.17, 15) is 4.79 Å². The molecule has 17 heavy (non-hydrogen) atoms. The highest BCUT2D eigenvalue weighted by atomic mass is 16.4. The monoisotopic (exact) mass is 230 g/mol. The van der Waals surface area contributed by atoms with E-state index in [1.54, 1.807) is 12.2 Å². The van der Waals surface area contributed by atoms with E-state index in [2.05, 4.69) is 15.3 Å². The van der Waals surface area contributed by atoms with Gasteiger partial charge in [0.25, 0.3) is 0 Å². The molecular weight excluding hydrogens is 220 g/mol. The van der Waals surface area contributed by atoms with Gasteiger partial charge in [-0.25, -0.2) is 9.97 Å². The van der Waals surface area contributed by atoms with Crippen molar-refractivity contribution in [1.29, 1.82) is 5.26 Å². The summed E-state index contributed by atoms with van der Waals surface area (Å²) in [7, 11) is 0. The largest absolute Gasteiger partial charge is 0.481 e. The lowest BCUT2D eigenvalue weighted by atomic mass is 10.1. The number of carboxylic acids is 1. The summed E-state index contributed by atoms with van der Waals surface area (Å²) in [5.41, 5.74) is 0.251. The Kier molecular flexibility index (Phi) is 3.01. The number of nitriles is 1. The minimum absolute atomic E-state index is 0.0571. The molecule has 1 aromatic heterocycles. The Morgan fingerprint density at radius 1 is 1.47 bits per heavy atom. The Balaban J connectivity index is 1.97. The fourth-order valence-corrected chi connectivity index (χ4v) is 1.64. The normalized spacial score (nSPS) is 22.1. The maximum atomic E-state index is 10.7. The number of aliphatic carboxylic acids is 1. The SMILES string of the molecule is N#Cc1cnc(NC2C=CC(C(=O)O)C2)cn1. The van der Waals surface area contributed by atoms with Crippen molar-refractivity contribution in [2.24, 2.45) is 5.92 Å².